The molecule has 144 valence electrons. The van der Waals surface area contributed by atoms with Gasteiger partial charge < -0.3 is 19.5 Å². The van der Waals surface area contributed by atoms with Crippen LogP contribution in [0.4, 0.5) is 5.69 Å². The Morgan fingerprint density at radius 2 is 1.61 bits per heavy atom. The molecule has 0 saturated heterocycles. The van der Waals surface area contributed by atoms with Crippen LogP contribution in [0.25, 0.3) is 0 Å². The first kappa shape index (κ1) is 18.2. The molecule has 4 heteroatoms. The fourth-order valence-corrected chi connectivity index (χ4v) is 4.24. The summed E-state index contributed by atoms with van der Waals surface area (Å²) < 4.78 is 10.9. The van der Waals surface area contributed by atoms with Crippen LogP contribution in [0.2, 0.25) is 0 Å². The molecule has 1 atom stereocenters. The van der Waals surface area contributed by atoms with Gasteiger partial charge in [-0.05, 0) is 66.4 Å². The van der Waals surface area contributed by atoms with Crippen molar-refractivity contribution in [2.24, 2.45) is 0 Å². The van der Waals surface area contributed by atoms with Gasteiger partial charge in [-0.25, -0.2) is 0 Å². The minimum Gasteiger partial charge on any atom is -0.508 e. The Bertz CT molecular complexity index is 983. The first-order chi connectivity index (χ1) is 13.6. The third kappa shape index (κ3) is 2.95. The first-order valence-electron chi connectivity index (χ1n) is 9.45. The number of methoxy groups -OCH3 is 2. The highest BCUT2D eigenvalue weighted by atomic mass is 16.5. The fraction of sp³-hybridized carbons (Fsp3) is 0.250. The molecule has 1 aliphatic rings. The lowest BCUT2D eigenvalue weighted by Crippen LogP contribution is -2.49. The Morgan fingerprint density at radius 3 is 2.32 bits per heavy atom. The molecule has 0 aromatic heterocycles. The minimum absolute atomic E-state index is 0.269. The standard InChI is InChI=1S/C24H25NO3/c1-24(18-7-9-20(26)10-8-18)23-12-11-22(28-3)15-17(23)13-14-25(24)19-5-4-6-21(16-19)27-2/h4-12,15-16,26H,13-14H2,1-3H3. The smallest absolute Gasteiger partial charge is 0.120 e. The van der Waals surface area contributed by atoms with Gasteiger partial charge in [0.15, 0.2) is 0 Å². The number of hydrogen-bond acceptors (Lipinski definition) is 4. The molecule has 0 saturated carbocycles. The molecule has 1 aliphatic heterocycles. The van der Waals surface area contributed by atoms with E-state index in [1.54, 1.807) is 26.4 Å². The zero-order chi connectivity index (χ0) is 19.7. The molecule has 0 bridgehead atoms. The summed E-state index contributed by atoms with van der Waals surface area (Å²) >= 11 is 0. The van der Waals surface area contributed by atoms with Gasteiger partial charge in [0.2, 0.25) is 0 Å². The molecule has 0 fully saturated rings. The van der Waals surface area contributed by atoms with Gasteiger partial charge in [-0.2, -0.15) is 0 Å². The van der Waals surface area contributed by atoms with Gasteiger partial charge in [-0.15, -0.1) is 0 Å². The van der Waals surface area contributed by atoms with Crippen molar-refractivity contribution in [1.29, 1.82) is 0 Å². The molecule has 0 aliphatic carbocycles. The average molecular weight is 375 g/mol. The summed E-state index contributed by atoms with van der Waals surface area (Å²) in [4.78, 5) is 2.41. The van der Waals surface area contributed by atoms with Crippen LogP contribution in [-0.4, -0.2) is 25.9 Å². The molecule has 0 amide bonds. The number of hydrogen-bond donors (Lipinski definition) is 1. The van der Waals surface area contributed by atoms with E-state index in [9.17, 15) is 5.11 Å². The number of aromatic hydroxyl groups is 1. The summed E-state index contributed by atoms with van der Waals surface area (Å²) in [5.74, 6) is 1.98. The second-order valence-electron chi connectivity index (χ2n) is 7.25. The molecule has 0 spiro atoms. The SMILES string of the molecule is COc1cccc(N2CCc3cc(OC)ccc3C2(C)c2ccc(O)cc2)c1. The van der Waals surface area contributed by atoms with E-state index < -0.39 is 0 Å². The number of anilines is 1. The van der Waals surface area contributed by atoms with Crippen molar-refractivity contribution in [2.75, 3.05) is 25.7 Å². The number of phenolic OH excluding ortho intramolecular Hbond substituents is 1. The van der Waals surface area contributed by atoms with E-state index in [-0.39, 0.29) is 11.3 Å². The lowest BCUT2D eigenvalue weighted by atomic mass is 9.76. The van der Waals surface area contributed by atoms with Crippen LogP contribution in [0.3, 0.4) is 0 Å². The predicted octanol–water partition coefficient (Wildman–Crippen LogP) is 4.74. The van der Waals surface area contributed by atoms with Crippen molar-refractivity contribution in [3.05, 3.63) is 83.4 Å². The number of ether oxygens (including phenoxy) is 2. The maximum Gasteiger partial charge on any atom is 0.120 e. The lowest BCUT2D eigenvalue weighted by Gasteiger charge is -2.48. The molecule has 1 heterocycles. The average Bonchev–Trinajstić information content (AvgIpc) is 2.74. The zero-order valence-electron chi connectivity index (χ0n) is 16.5. The largest absolute Gasteiger partial charge is 0.508 e. The van der Waals surface area contributed by atoms with E-state index in [1.807, 2.05) is 30.3 Å². The molecule has 0 radical (unpaired) electrons. The van der Waals surface area contributed by atoms with Crippen LogP contribution in [0.15, 0.2) is 66.7 Å². The highest BCUT2D eigenvalue weighted by Crippen LogP contribution is 2.45. The van der Waals surface area contributed by atoms with E-state index >= 15 is 0 Å². The van der Waals surface area contributed by atoms with Gasteiger partial charge in [0.1, 0.15) is 17.2 Å². The van der Waals surface area contributed by atoms with Crippen molar-refractivity contribution in [3.8, 4) is 17.2 Å². The van der Waals surface area contributed by atoms with Crippen molar-refractivity contribution in [1.82, 2.24) is 0 Å². The molecule has 3 aromatic carbocycles. The van der Waals surface area contributed by atoms with Gasteiger partial charge in [0.25, 0.3) is 0 Å². The van der Waals surface area contributed by atoms with Crippen molar-refractivity contribution < 1.29 is 14.6 Å². The fourth-order valence-electron chi connectivity index (χ4n) is 4.24. The Kier molecular flexibility index (Phi) is 4.63. The van der Waals surface area contributed by atoms with Crippen LogP contribution in [0.1, 0.15) is 23.6 Å². The molecule has 3 aromatic rings. The van der Waals surface area contributed by atoms with E-state index in [0.29, 0.717) is 0 Å². The molecule has 4 rings (SSSR count). The van der Waals surface area contributed by atoms with Crippen LogP contribution in [0.5, 0.6) is 17.2 Å². The maximum absolute atomic E-state index is 9.81. The summed E-state index contributed by atoms with van der Waals surface area (Å²) in [7, 11) is 3.39. The lowest BCUT2D eigenvalue weighted by molar-refractivity contribution is 0.410. The summed E-state index contributed by atoms with van der Waals surface area (Å²) in [5, 5.41) is 9.81. The first-order valence-corrected chi connectivity index (χ1v) is 9.45. The van der Waals surface area contributed by atoms with Gasteiger partial charge in [-0.3, -0.25) is 0 Å². The van der Waals surface area contributed by atoms with Crippen LogP contribution in [-0.2, 0) is 12.0 Å². The van der Waals surface area contributed by atoms with Crippen molar-refractivity contribution in [2.45, 2.75) is 18.9 Å². The van der Waals surface area contributed by atoms with Gasteiger partial charge >= 0.3 is 0 Å². The van der Waals surface area contributed by atoms with E-state index in [4.69, 9.17) is 9.47 Å². The molecule has 28 heavy (non-hydrogen) atoms. The highest BCUT2D eigenvalue weighted by Gasteiger charge is 2.40. The van der Waals surface area contributed by atoms with Gasteiger partial charge in [0.05, 0.1) is 19.8 Å². The highest BCUT2D eigenvalue weighted by molar-refractivity contribution is 5.62. The van der Waals surface area contributed by atoms with E-state index in [0.717, 1.165) is 35.7 Å². The monoisotopic (exact) mass is 375 g/mol. The molecular weight excluding hydrogens is 350 g/mol. The number of benzene rings is 3. The summed E-state index contributed by atoms with van der Waals surface area (Å²) in [6.07, 6.45) is 0.928. The summed E-state index contributed by atoms with van der Waals surface area (Å²) in [6, 6.07) is 22.0. The van der Waals surface area contributed by atoms with Crippen LogP contribution in [0, 0.1) is 0 Å². The van der Waals surface area contributed by atoms with Crippen LogP contribution < -0.4 is 14.4 Å². The predicted molar refractivity (Wildman–Crippen MR) is 112 cm³/mol. The molecule has 4 nitrogen and oxygen atoms in total. The van der Waals surface area contributed by atoms with E-state index in [2.05, 4.69) is 36.1 Å². The molecular formula is C24H25NO3. The third-order valence-electron chi connectivity index (χ3n) is 5.78. The Labute approximate surface area is 166 Å². The molecule has 1 N–H and O–H groups in total. The Balaban J connectivity index is 1.91. The number of rotatable bonds is 4. The summed E-state index contributed by atoms with van der Waals surface area (Å²) in [6.45, 7) is 3.11. The summed E-state index contributed by atoms with van der Waals surface area (Å²) in [5.41, 5.74) is 4.37. The Morgan fingerprint density at radius 1 is 0.893 bits per heavy atom. The second kappa shape index (κ2) is 7.12. The van der Waals surface area contributed by atoms with Crippen LogP contribution >= 0.6 is 0 Å². The van der Waals surface area contributed by atoms with Crippen molar-refractivity contribution >= 4 is 5.69 Å². The third-order valence-corrected chi connectivity index (χ3v) is 5.78. The number of phenols is 1. The maximum atomic E-state index is 9.81. The van der Waals surface area contributed by atoms with Crippen molar-refractivity contribution in [3.63, 3.8) is 0 Å². The normalized spacial score (nSPS) is 18.5. The second-order valence-corrected chi connectivity index (χ2v) is 7.25. The van der Waals surface area contributed by atoms with Gasteiger partial charge in [0, 0.05) is 18.3 Å². The molecule has 1 unspecified atom stereocenters. The van der Waals surface area contributed by atoms with E-state index in [1.165, 1.54) is 11.1 Å². The number of fused-ring (bicyclic) bond motifs is 1. The number of nitrogens with zero attached hydrogens (tertiary/aromatic N) is 1. The topological polar surface area (TPSA) is 41.9 Å². The zero-order valence-corrected chi connectivity index (χ0v) is 16.5. The van der Waals surface area contributed by atoms with Gasteiger partial charge in [-0.1, -0.05) is 24.3 Å². The Hall–Kier alpha value is -3.14. The quantitative estimate of drug-likeness (QED) is 0.715. The minimum atomic E-state index is -0.389.